The first-order valence-corrected chi connectivity index (χ1v) is 6.92. The number of aliphatic imine (C=N–C) groups is 1. The van der Waals surface area contributed by atoms with Crippen molar-refractivity contribution in [3.8, 4) is 11.5 Å². The number of nitrogens with zero attached hydrogens (tertiary/aromatic N) is 5. The SMILES string of the molecule is CCN(/C=N/c1cc(-c2ccc([N+](=O)[O-])o2)nc(C)n1)CC. The van der Waals surface area contributed by atoms with E-state index in [1.54, 1.807) is 19.3 Å². The lowest BCUT2D eigenvalue weighted by molar-refractivity contribution is -0.401. The van der Waals surface area contributed by atoms with Crippen molar-refractivity contribution in [1.82, 2.24) is 14.9 Å². The van der Waals surface area contributed by atoms with Crippen molar-refractivity contribution in [2.24, 2.45) is 4.99 Å². The van der Waals surface area contributed by atoms with E-state index in [9.17, 15) is 10.1 Å². The second kappa shape index (κ2) is 6.79. The van der Waals surface area contributed by atoms with Gasteiger partial charge in [-0.2, -0.15) is 0 Å². The van der Waals surface area contributed by atoms with Gasteiger partial charge in [0.25, 0.3) is 0 Å². The molecule has 0 bridgehead atoms. The summed E-state index contributed by atoms with van der Waals surface area (Å²) in [4.78, 5) is 24.9. The van der Waals surface area contributed by atoms with E-state index in [-0.39, 0.29) is 5.88 Å². The largest absolute Gasteiger partial charge is 0.433 e. The summed E-state index contributed by atoms with van der Waals surface area (Å²) < 4.78 is 5.16. The normalized spacial score (nSPS) is 11.0. The van der Waals surface area contributed by atoms with Crippen LogP contribution >= 0.6 is 0 Å². The molecule has 0 unspecified atom stereocenters. The Morgan fingerprint density at radius 2 is 2.09 bits per heavy atom. The van der Waals surface area contributed by atoms with Gasteiger partial charge in [-0.15, -0.1) is 0 Å². The van der Waals surface area contributed by atoms with Crippen molar-refractivity contribution >= 4 is 18.0 Å². The molecule has 0 aliphatic heterocycles. The van der Waals surface area contributed by atoms with Crippen LogP contribution in [0.15, 0.2) is 27.6 Å². The number of hydrogen-bond donors (Lipinski definition) is 0. The molecule has 0 saturated carbocycles. The lowest BCUT2D eigenvalue weighted by Crippen LogP contribution is -2.20. The van der Waals surface area contributed by atoms with E-state index >= 15 is 0 Å². The Labute approximate surface area is 127 Å². The van der Waals surface area contributed by atoms with E-state index in [0.717, 1.165) is 13.1 Å². The predicted molar refractivity (Wildman–Crippen MR) is 82.2 cm³/mol. The van der Waals surface area contributed by atoms with Crippen LogP contribution in [-0.2, 0) is 0 Å². The molecule has 0 saturated heterocycles. The molecular weight excluding hydrogens is 286 g/mol. The first-order valence-electron chi connectivity index (χ1n) is 6.92. The Bertz CT molecular complexity index is 692. The average Bonchev–Trinajstić information content (AvgIpc) is 2.98. The average molecular weight is 303 g/mol. The molecule has 8 nitrogen and oxygen atoms in total. The fourth-order valence-corrected chi connectivity index (χ4v) is 1.84. The number of nitro groups is 1. The van der Waals surface area contributed by atoms with E-state index in [1.807, 2.05) is 18.7 Å². The molecule has 2 aromatic rings. The first kappa shape index (κ1) is 15.6. The highest BCUT2D eigenvalue weighted by Gasteiger charge is 2.15. The van der Waals surface area contributed by atoms with E-state index < -0.39 is 4.92 Å². The van der Waals surface area contributed by atoms with Gasteiger partial charge in [0, 0.05) is 19.2 Å². The quantitative estimate of drug-likeness (QED) is 0.352. The zero-order chi connectivity index (χ0) is 16.1. The van der Waals surface area contributed by atoms with E-state index in [1.165, 1.54) is 12.1 Å². The zero-order valence-corrected chi connectivity index (χ0v) is 12.7. The summed E-state index contributed by atoms with van der Waals surface area (Å²) in [6, 6.07) is 4.44. The van der Waals surface area contributed by atoms with Crippen molar-refractivity contribution in [1.29, 1.82) is 0 Å². The van der Waals surface area contributed by atoms with Gasteiger partial charge < -0.3 is 9.32 Å². The number of aromatic nitrogens is 2. The number of hydrogen-bond acceptors (Lipinski definition) is 6. The maximum Gasteiger partial charge on any atom is 0.433 e. The lowest BCUT2D eigenvalue weighted by atomic mass is 10.3. The Morgan fingerprint density at radius 1 is 1.36 bits per heavy atom. The van der Waals surface area contributed by atoms with Crippen LogP contribution in [0.25, 0.3) is 11.5 Å². The molecule has 2 rings (SSSR count). The summed E-state index contributed by atoms with van der Waals surface area (Å²) >= 11 is 0. The fourth-order valence-electron chi connectivity index (χ4n) is 1.84. The zero-order valence-electron chi connectivity index (χ0n) is 12.7. The first-order chi connectivity index (χ1) is 10.5. The minimum Gasteiger partial charge on any atom is -0.399 e. The molecule has 22 heavy (non-hydrogen) atoms. The highest BCUT2D eigenvalue weighted by molar-refractivity contribution is 5.63. The molecule has 0 amide bonds. The number of rotatable bonds is 6. The molecule has 2 heterocycles. The van der Waals surface area contributed by atoms with Gasteiger partial charge in [-0.3, -0.25) is 10.1 Å². The molecule has 0 N–H and O–H groups in total. The molecular formula is C14H17N5O3. The highest BCUT2D eigenvalue weighted by Crippen LogP contribution is 2.26. The van der Waals surface area contributed by atoms with Crippen molar-refractivity contribution in [2.75, 3.05) is 13.1 Å². The van der Waals surface area contributed by atoms with Gasteiger partial charge in [0.15, 0.2) is 11.6 Å². The van der Waals surface area contributed by atoms with Crippen molar-refractivity contribution in [2.45, 2.75) is 20.8 Å². The summed E-state index contributed by atoms with van der Waals surface area (Å²) in [6.45, 7) is 7.50. The summed E-state index contributed by atoms with van der Waals surface area (Å²) in [5.41, 5.74) is 0.465. The van der Waals surface area contributed by atoms with Gasteiger partial charge in [-0.1, -0.05) is 0 Å². The third-order valence-electron chi connectivity index (χ3n) is 3.01. The van der Waals surface area contributed by atoms with Crippen molar-refractivity contribution in [3.63, 3.8) is 0 Å². The fraction of sp³-hybridized carbons (Fsp3) is 0.357. The van der Waals surface area contributed by atoms with Crippen LogP contribution in [-0.4, -0.2) is 39.2 Å². The Kier molecular flexibility index (Phi) is 4.82. The highest BCUT2D eigenvalue weighted by atomic mass is 16.6. The standard InChI is InChI=1S/C14H17N5O3/c1-4-18(5-2)9-15-13-8-11(16-10(3)17-13)12-6-7-14(22-12)19(20)21/h6-9H,4-5H2,1-3H3/b15-9+. The Morgan fingerprint density at radius 3 is 2.68 bits per heavy atom. The van der Waals surface area contributed by atoms with Crippen LogP contribution in [0.4, 0.5) is 11.7 Å². The van der Waals surface area contributed by atoms with Gasteiger partial charge in [0.2, 0.25) is 0 Å². The van der Waals surface area contributed by atoms with Crippen LogP contribution in [0.5, 0.6) is 0 Å². The minimum absolute atomic E-state index is 0.316. The molecule has 2 aromatic heterocycles. The molecule has 116 valence electrons. The second-order valence-corrected chi connectivity index (χ2v) is 4.52. The maximum atomic E-state index is 10.7. The minimum atomic E-state index is -0.586. The van der Waals surface area contributed by atoms with Crippen LogP contribution in [0.3, 0.4) is 0 Å². The summed E-state index contributed by atoms with van der Waals surface area (Å²) in [5.74, 6) is 0.993. The topological polar surface area (TPSA) is 97.7 Å². The van der Waals surface area contributed by atoms with E-state index in [4.69, 9.17) is 4.42 Å². The van der Waals surface area contributed by atoms with Crippen LogP contribution < -0.4 is 0 Å². The monoisotopic (exact) mass is 303 g/mol. The third-order valence-corrected chi connectivity index (χ3v) is 3.01. The van der Waals surface area contributed by atoms with Gasteiger partial charge in [0.1, 0.15) is 16.4 Å². The van der Waals surface area contributed by atoms with Crippen LogP contribution in [0, 0.1) is 17.0 Å². The Hall–Kier alpha value is -2.77. The number of aryl methyl sites for hydroxylation is 1. The molecule has 8 heteroatoms. The summed E-state index contributed by atoms with van der Waals surface area (Å²) in [5, 5.41) is 10.7. The molecule has 0 aromatic carbocycles. The molecule has 0 fully saturated rings. The maximum absolute atomic E-state index is 10.7. The molecule has 0 radical (unpaired) electrons. The summed E-state index contributed by atoms with van der Waals surface area (Å²) in [6.07, 6.45) is 1.72. The Balaban J connectivity index is 2.31. The van der Waals surface area contributed by atoms with Gasteiger partial charge in [-0.05, 0) is 26.8 Å². The lowest BCUT2D eigenvalue weighted by Gasteiger charge is -2.13. The van der Waals surface area contributed by atoms with Crippen molar-refractivity contribution in [3.05, 3.63) is 34.1 Å². The van der Waals surface area contributed by atoms with Crippen molar-refractivity contribution < 1.29 is 9.34 Å². The van der Waals surface area contributed by atoms with Crippen LogP contribution in [0.2, 0.25) is 0 Å². The molecule has 0 spiro atoms. The van der Waals surface area contributed by atoms with Gasteiger partial charge >= 0.3 is 5.88 Å². The smallest absolute Gasteiger partial charge is 0.399 e. The molecule has 0 aliphatic rings. The predicted octanol–water partition coefficient (Wildman–Crippen LogP) is 2.95. The summed E-state index contributed by atoms with van der Waals surface area (Å²) in [7, 11) is 0. The second-order valence-electron chi connectivity index (χ2n) is 4.52. The van der Waals surface area contributed by atoms with E-state index in [0.29, 0.717) is 23.1 Å². The molecule has 0 atom stereocenters. The third kappa shape index (κ3) is 3.66. The molecule has 0 aliphatic carbocycles. The van der Waals surface area contributed by atoms with Gasteiger partial charge in [-0.25, -0.2) is 15.0 Å². The van der Waals surface area contributed by atoms with Gasteiger partial charge in [0.05, 0.1) is 12.4 Å². The van der Waals surface area contributed by atoms with Crippen LogP contribution in [0.1, 0.15) is 19.7 Å². The van der Waals surface area contributed by atoms with E-state index in [2.05, 4.69) is 15.0 Å². The number of furan rings is 1.